The van der Waals surface area contributed by atoms with E-state index in [1.54, 1.807) is 11.1 Å². The van der Waals surface area contributed by atoms with Gasteiger partial charge in [0.1, 0.15) is 0 Å². The van der Waals surface area contributed by atoms with Crippen LogP contribution in [0.2, 0.25) is 0 Å². The average molecular weight is 327 g/mol. The fourth-order valence-corrected chi connectivity index (χ4v) is 4.46. The number of fused-ring (bicyclic) bond motifs is 3. The summed E-state index contributed by atoms with van der Waals surface area (Å²) in [5.74, 6) is 0. The number of halogens is 1. The van der Waals surface area contributed by atoms with Crippen LogP contribution in [0.15, 0.2) is 42.5 Å². The van der Waals surface area contributed by atoms with Gasteiger partial charge in [-0.1, -0.05) is 42.5 Å². The van der Waals surface area contributed by atoms with E-state index in [2.05, 4.69) is 52.7 Å². The van der Waals surface area contributed by atoms with Crippen LogP contribution in [0.1, 0.15) is 35.1 Å². The second-order valence-corrected chi connectivity index (χ2v) is 7.21. The second-order valence-electron chi connectivity index (χ2n) is 7.21. The van der Waals surface area contributed by atoms with Crippen molar-refractivity contribution in [1.82, 2.24) is 4.90 Å². The van der Waals surface area contributed by atoms with Crippen molar-refractivity contribution < 1.29 is 0 Å². The van der Waals surface area contributed by atoms with Crippen LogP contribution >= 0.6 is 12.4 Å². The highest BCUT2D eigenvalue weighted by Gasteiger charge is 2.48. The molecule has 0 bridgehead atoms. The lowest BCUT2D eigenvalue weighted by atomic mass is 9.87. The minimum absolute atomic E-state index is 0. The maximum atomic E-state index is 3.59. The van der Waals surface area contributed by atoms with E-state index < -0.39 is 0 Å². The summed E-state index contributed by atoms with van der Waals surface area (Å²) in [6.45, 7) is 4.50. The summed E-state index contributed by atoms with van der Waals surface area (Å²) < 4.78 is 0. The number of nitrogens with one attached hydrogen (secondary N) is 1. The van der Waals surface area contributed by atoms with Crippen LogP contribution < -0.4 is 5.32 Å². The Kier molecular flexibility index (Phi) is 3.62. The lowest BCUT2D eigenvalue weighted by Crippen LogP contribution is -2.37. The van der Waals surface area contributed by atoms with Crippen LogP contribution in [-0.2, 0) is 24.9 Å². The number of nitrogens with zero attached hydrogens (tertiary/aromatic N) is 1. The molecule has 2 aromatic carbocycles. The Morgan fingerprint density at radius 2 is 1.83 bits per heavy atom. The smallest absolute Gasteiger partial charge is 0.0419 e. The molecule has 0 atom stereocenters. The standard InChI is InChI=1S/C20H22N2.ClH/c1-2-7-18-16(4-1)12-22(14-20(18)9-10-20)13-17-6-3-5-15-8-11-21-19(15)17;/h1-7,21H,8-14H2;1H. The van der Waals surface area contributed by atoms with E-state index in [4.69, 9.17) is 0 Å². The van der Waals surface area contributed by atoms with Gasteiger partial charge in [0.05, 0.1) is 0 Å². The van der Waals surface area contributed by atoms with E-state index in [9.17, 15) is 0 Å². The van der Waals surface area contributed by atoms with Crippen molar-refractivity contribution in [3.63, 3.8) is 0 Å². The molecule has 1 aliphatic carbocycles. The van der Waals surface area contributed by atoms with Crippen molar-refractivity contribution in [2.75, 3.05) is 18.4 Å². The Bertz CT molecular complexity index is 736. The molecule has 0 saturated heterocycles. The predicted molar refractivity (Wildman–Crippen MR) is 97.4 cm³/mol. The number of rotatable bonds is 2. The van der Waals surface area contributed by atoms with Crippen LogP contribution in [0.3, 0.4) is 0 Å². The summed E-state index contributed by atoms with van der Waals surface area (Å²) in [7, 11) is 0. The summed E-state index contributed by atoms with van der Waals surface area (Å²) in [4.78, 5) is 2.66. The third kappa shape index (κ3) is 2.45. The predicted octanol–water partition coefficient (Wildman–Crippen LogP) is 4.12. The maximum Gasteiger partial charge on any atom is 0.0419 e. The highest BCUT2D eigenvalue weighted by molar-refractivity contribution is 5.85. The zero-order valence-corrected chi connectivity index (χ0v) is 14.2. The van der Waals surface area contributed by atoms with Gasteiger partial charge in [-0.05, 0) is 41.5 Å². The summed E-state index contributed by atoms with van der Waals surface area (Å²) in [6, 6.07) is 15.9. The summed E-state index contributed by atoms with van der Waals surface area (Å²) in [6.07, 6.45) is 3.91. The fourth-order valence-electron chi connectivity index (χ4n) is 4.46. The molecule has 1 spiro atoms. The van der Waals surface area contributed by atoms with E-state index in [1.165, 1.54) is 42.6 Å². The van der Waals surface area contributed by atoms with Crippen LogP contribution in [0.4, 0.5) is 5.69 Å². The van der Waals surface area contributed by atoms with E-state index in [0.717, 1.165) is 19.6 Å². The average Bonchev–Trinajstić information content (AvgIpc) is 3.12. The van der Waals surface area contributed by atoms with Crippen LogP contribution in [0, 0.1) is 0 Å². The van der Waals surface area contributed by atoms with E-state index >= 15 is 0 Å². The van der Waals surface area contributed by atoms with Crippen LogP contribution in [-0.4, -0.2) is 18.0 Å². The Morgan fingerprint density at radius 1 is 1.00 bits per heavy atom. The van der Waals surface area contributed by atoms with E-state index in [0.29, 0.717) is 5.41 Å². The van der Waals surface area contributed by atoms with Gasteiger partial charge in [-0.2, -0.15) is 0 Å². The van der Waals surface area contributed by atoms with Gasteiger partial charge in [0.25, 0.3) is 0 Å². The first-order valence-corrected chi connectivity index (χ1v) is 8.49. The molecule has 3 heteroatoms. The molecule has 2 nitrogen and oxygen atoms in total. The maximum absolute atomic E-state index is 3.59. The molecule has 3 aliphatic rings. The first-order chi connectivity index (χ1) is 10.8. The van der Waals surface area contributed by atoms with Crippen molar-refractivity contribution >= 4 is 18.1 Å². The zero-order valence-electron chi connectivity index (χ0n) is 13.3. The fraction of sp³-hybridized carbons (Fsp3) is 0.400. The van der Waals surface area contributed by atoms with Gasteiger partial charge in [0, 0.05) is 37.3 Å². The minimum Gasteiger partial charge on any atom is -0.384 e. The van der Waals surface area contributed by atoms with Gasteiger partial charge in [-0.25, -0.2) is 0 Å². The Morgan fingerprint density at radius 3 is 2.70 bits per heavy atom. The van der Waals surface area contributed by atoms with Gasteiger partial charge in [0.15, 0.2) is 0 Å². The molecule has 2 aromatic rings. The number of hydrogen-bond donors (Lipinski definition) is 1. The van der Waals surface area contributed by atoms with Gasteiger partial charge >= 0.3 is 0 Å². The second kappa shape index (κ2) is 5.54. The highest BCUT2D eigenvalue weighted by Crippen LogP contribution is 2.52. The first-order valence-electron chi connectivity index (χ1n) is 8.49. The summed E-state index contributed by atoms with van der Waals surface area (Å²) in [5.41, 5.74) is 8.03. The quantitative estimate of drug-likeness (QED) is 0.893. The lowest BCUT2D eigenvalue weighted by molar-refractivity contribution is 0.213. The highest BCUT2D eigenvalue weighted by atomic mass is 35.5. The topological polar surface area (TPSA) is 15.3 Å². The monoisotopic (exact) mass is 326 g/mol. The normalized spacial score (nSPS) is 20.3. The number of hydrogen-bond acceptors (Lipinski definition) is 2. The third-order valence-corrected chi connectivity index (χ3v) is 5.69. The van der Waals surface area contributed by atoms with Gasteiger partial charge in [-0.3, -0.25) is 4.90 Å². The van der Waals surface area contributed by atoms with E-state index in [1.807, 2.05) is 0 Å². The Labute approximate surface area is 144 Å². The molecule has 1 saturated carbocycles. The van der Waals surface area contributed by atoms with Crippen LogP contribution in [0.25, 0.3) is 0 Å². The van der Waals surface area contributed by atoms with E-state index in [-0.39, 0.29) is 12.4 Å². The molecule has 23 heavy (non-hydrogen) atoms. The molecule has 0 radical (unpaired) electrons. The molecule has 0 unspecified atom stereocenters. The lowest BCUT2D eigenvalue weighted by Gasteiger charge is -2.35. The zero-order chi connectivity index (χ0) is 14.6. The van der Waals surface area contributed by atoms with Gasteiger partial charge in [0.2, 0.25) is 0 Å². The van der Waals surface area contributed by atoms with Gasteiger partial charge in [-0.15, -0.1) is 12.4 Å². The van der Waals surface area contributed by atoms with Crippen molar-refractivity contribution in [2.45, 2.75) is 37.8 Å². The molecule has 1 fully saturated rings. The SMILES string of the molecule is Cl.c1ccc2c(c1)CN(Cc1cccc3c1NCC3)CC21CC1. The molecular formula is C20H23ClN2. The van der Waals surface area contributed by atoms with Crippen LogP contribution in [0.5, 0.6) is 0 Å². The largest absolute Gasteiger partial charge is 0.384 e. The molecule has 120 valence electrons. The summed E-state index contributed by atoms with van der Waals surface area (Å²) >= 11 is 0. The molecule has 0 amide bonds. The summed E-state index contributed by atoms with van der Waals surface area (Å²) in [5, 5.41) is 3.59. The van der Waals surface area contributed by atoms with Crippen molar-refractivity contribution in [3.05, 3.63) is 64.7 Å². The van der Waals surface area contributed by atoms with Crippen molar-refractivity contribution in [3.8, 4) is 0 Å². The first kappa shape index (κ1) is 15.0. The van der Waals surface area contributed by atoms with Crippen molar-refractivity contribution in [2.24, 2.45) is 0 Å². The van der Waals surface area contributed by atoms with Gasteiger partial charge < -0.3 is 5.32 Å². The number of para-hydroxylation sites is 1. The molecule has 5 rings (SSSR count). The molecule has 0 aromatic heterocycles. The minimum atomic E-state index is 0. The molecule has 2 aliphatic heterocycles. The molecule has 1 N–H and O–H groups in total. The number of benzene rings is 2. The Hall–Kier alpha value is -1.51. The third-order valence-electron chi connectivity index (χ3n) is 5.69. The molecular weight excluding hydrogens is 304 g/mol. The number of anilines is 1. The van der Waals surface area contributed by atoms with Crippen molar-refractivity contribution in [1.29, 1.82) is 0 Å². The Balaban J connectivity index is 0.00000135. The molecule has 2 heterocycles.